The predicted molar refractivity (Wildman–Crippen MR) is 88.5 cm³/mol. The highest BCUT2D eigenvalue weighted by molar-refractivity contribution is 5.25. The first-order valence-corrected chi connectivity index (χ1v) is 8.10. The van der Waals surface area contributed by atoms with Crippen LogP contribution in [0.3, 0.4) is 0 Å². The second kappa shape index (κ2) is 7.99. The lowest BCUT2D eigenvalue weighted by atomic mass is 10.0. The van der Waals surface area contributed by atoms with E-state index < -0.39 is 0 Å². The summed E-state index contributed by atoms with van der Waals surface area (Å²) in [5.41, 5.74) is 2.78. The first-order chi connectivity index (χ1) is 10.3. The van der Waals surface area contributed by atoms with E-state index in [9.17, 15) is 0 Å². The van der Waals surface area contributed by atoms with E-state index in [0.717, 1.165) is 31.8 Å². The Labute approximate surface area is 128 Å². The van der Waals surface area contributed by atoms with Crippen molar-refractivity contribution in [2.24, 2.45) is 0 Å². The Morgan fingerprint density at radius 3 is 2.52 bits per heavy atom. The molecule has 0 radical (unpaired) electrons. The molecule has 1 aromatic heterocycles. The topological polar surface area (TPSA) is 29.9 Å². The number of rotatable bonds is 8. The molecule has 114 valence electrons. The zero-order chi connectivity index (χ0) is 15.1. The summed E-state index contributed by atoms with van der Waals surface area (Å²) in [6, 6.07) is 9.39. The lowest BCUT2D eigenvalue weighted by Crippen LogP contribution is -2.25. The summed E-state index contributed by atoms with van der Waals surface area (Å²) in [4.78, 5) is 4.42. The van der Waals surface area contributed by atoms with Crippen LogP contribution in [0.1, 0.15) is 50.2 Å². The number of hydrogen-bond donors (Lipinski definition) is 1. The summed E-state index contributed by atoms with van der Waals surface area (Å²) in [6.07, 6.45) is 7.31. The van der Waals surface area contributed by atoms with Crippen molar-refractivity contribution in [2.45, 2.75) is 52.6 Å². The van der Waals surface area contributed by atoms with Crippen LogP contribution < -0.4 is 5.32 Å². The zero-order valence-corrected chi connectivity index (χ0v) is 13.5. The fourth-order valence-corrected chi connectivity index (χ4v) is 2.76. The van der Waals surface area contributed by atoms with Crippen LogP contribution in [0.2, 0.25) is 0 Å². The number of hydrogen-bond acceptors (Lipinski definition) is 2. The summed E-state index contributed by atoms with van der Waals surface area (Å²) in [5.74, 6) is 1.15. The number of aryl methyl sites for hydroxylation is 2. The van der Waals surface area contributed by atoms with Gasteiger partial charge in [0.2, 0.25) is 0 Å². The van der Waals surface area contributed by atoms with E-state index in [1.807, 2.05) is 6.20 Å². The van der Waals surface area contributed by atoms with Crippen molar-refractivity contribution in [1.29, 1.82) is 0 Å². The van der Waals surface area contributed by atoms with Crippen LogP contribution in [0.15, 0.2) is 36.7 Å². The molecule has 3 heteroatoms. The molecule has 1 unspecified atom stereocenters. The van der Waals surface area contributed by atoms with E-state index in [1.54, 1.807) is 0 Å². The van der Waals surface area contributed by atoms with Crippen molar-refractivity contribution in [3.63, 3.8) is 0 Å². The third-order valence-electron chi connectivity index (χ3n) is 3.87. The van der Waals surface area contributed by atoms with Gasteiger partial charge in [-0.1, -0.05) is 51.5 Å². The summed E-state index contributed by atoms with van der Waals surface area (Å²) in [5, 5.41) is 3.59. The quantitative estimate of drug-likeness (QED) is 0.800. The van der Waals surface area contributed by atoms with Crippen molar-refractivity contribution in [3.05, 3.63) is 53.6 Å². The van der Waals surface area contributed by atoms with Crippen molar-refractivity contribution in [2.75, 3.05) is 6.54 Å². The molecule has 0 bridgehead atoms. The molecule has 0 saturated heterocycles. The number of aromatic nitrogens is 2. The SMILES string of the molecule is CCCc1ccc(C(Cn2ccnc2CC)NCC)cc1. The van der Waals surface area contributed by atoms with Crippen LogP contribution in [-0.2, 0) is 19.4 Å². The zero-order valence-electron chi connectivity index (χ0n) is 13.5. The summed E-state index contributed by atoms with van der Waals surface area (Å²) >= 11 is 0. The highest BCUT2D eigenvalue weighted by Gasteiger charge is 2.12. The Kier molecular flexibility index (Phi) is 6.00. The van der Waals surface area contributed by atoms with Crippen molar-refractivity contribution < 1.29 is 0 Å². The lowest BCUT2D eigenvalue weighted by Gasteiger charge is -2.20. The first kappa shape index (κ1) is 15.8. The number of likely N-dealkylation sites (N-methyl/N-ethyl adjacent to an activating group) is 1. The molecule has 1 N–H and O–H groups in total. The predicted octanol–water partition coefficient (Wildman–Crippen LogP) is 3.75. The third-order valence-corrected chi connectivity index (χ3v) is 3.87. The van der Waals surface area contributed by atoms with Gasteiger partial charge in [-0.05, 0) is 24.1 Å². The fraction of sp³-hybridized carbons (Fsp3) is 0.500. The molecule has 0 spiro atoms. The normalized spacial score (nSPS) is 12.5. The Bertz CT molecular complexity index is 528. The number of nitrogens with zero attached hydrogens (tertiary/aromatic N) is 2. The maximum Gasteiger partial charge on any atom is 0.108 e. The van der Waals surface area contributed by atoms with Gasteiger partial charge in [0.05, 0.1) is 6.04 Å². The van der Waals surface area contributed by atoms with Crippen LogP contribution in [0.25, 0.3) is 0 Å². The average Bonchev–Trinajstić information content (AvgIpc) is 2.95. The minimum atomic E-state index is 0.338. The molecule has 21 heavy (non-hydrogen) atoms. The van der Waals surface area contributed by atoms with Gasteiger partial charge in [0.1, 0.15) is 5.82 Å². The molecule has 0 amide bonds. The summed E-state index contributed by atoms with van der Waals surface area (Å²) in [7, 11) is 0. The third kappa shape index (κ3) is 4.18. The molecule has 2 rings (SSSR count). The molecule has 1 atom stereocenters. The van der Waals surface area contributed by atoms with Gasteiger partial charge in [0, 0.05) is 25.4 Å². The van der Waals surface area contributed by atoms with Crippen LogP contribution in [0, 0.1) is 0 Å². The van der Waals surface area contributed by atoms with Gasteiger partial charge < -0.3 is 9.88 Å². The summed E-state index contributed by atoms with van der Waals surface area (Å²) < 4.78 is 2.26. The molecule has 0 aliphatic heterocycles. The van der Waals surface area contributed by atoms with E-state index in [2.05, 4.69) is 66.1 Å². The van der Waals surface area contributed by atoms with Gasteiger partial charge in [0.15, 0.2) is 0 Å². The van der Waals surface area contributed by atoms with E-state index >= 15 is 0 Å². The second-order valence-corrected chi connectivity index (χ2v) is 5.45. The van der Waals surface area contributed by atoms with Crippen LogP contribution in [0.4, 0.5) is 0 Å². The van der Waals surface area contributed by atoms with E-state index in [4.69, 9.17) is 0 Å². The smallest absolute Gasteiger partial charge is 0.108 e. The average molecular weight is 285 g/mol. The van der Waals surface area contributed by atoms with Crippen molar-refractivity contribution >= 4 is 0 Å². The second-order valence-electron chi connectivity index (χ2n) is 5.45. The maximum atomic E-state index is 4.42. The van der Waals surface area contributed by atoms with Gasteiger partial charge in [-0.25, -0.2) is 4.98 Å². The Balaban J connectivity index is 2.14. The van der Waals surface area contributed by atoms with E-state index in [0.29, 0.717) is 6.04 Å². The molecule has 2 aromatic rings. The molecule has 0 aliphatic rings. The minimum Gasteiger partial charge on any atom is -0.333 e. The number of nitrogens with one attached hydrogen (secondary N) is 1. The van der Waals surface area contributed by atoms with E-state index in [-0.39, 0.29) is 0 Å². The number of imidazole rings is 1. The fourth-order valence-electron chi connectivity index (χ4n) is 2.76. The van der Waals surface area contributed by atoms with Gasteiger partial charge >= 0.3 is 0 Å². The van der Waals surface area contributed by atoms with Crippen LogP contribution in [-0.4, -0.2) is 16.1 Å². The van der Waals surface area contributed by atoms with Gasteiger partial charge in [-0.3, -0.25) is 0 Å². The molecular formula is C18H27N3. The van der Waals surface area contributed by atoms with Gasteiger partial charge in [-0.2, -0.15) is 0 Å². The van der Waals surface area contributed by atoms with Crippen molar-refractivity contribution in [3.8, 4) is 0 Å². The molecule has 1 heterocycles. The monoisotopic (exact) mass is 285 g/mol. The van der Waals surface area contributed by atoms with E-state index in [1.165, 1.54) is 17.5 Å². The van der Waals surface area contributed by atoms with Crippen LogP contribution in [0.5, 0.6) is 0 Å². The Hall–Kier alpha value is -1.61. The number of benzene rings is 1. The molecule has 3 nitrogen and oxygen atoms in total. The van der Waals surface area contributed by atoms with Gasteiger partial charge in [0.25, 0.3) is 0 Å². The molecule has 0 fully saturated rings. The Morgan fingerprint density at radius 1 is 1.14 bits per heavy atom. The maximum absolute atomic E-state index is 4.42. The van der Waals surface area contributed by atoms with Crippen molar-refractivity contribution in [1.82, 2.24) is 14.9 Å². The highest BCUT2D eigenvalue weighted by Crippen LogP contribution is 2.18. The standard InChI is InChI=1S/C18H27N3/c1-4-7-15-8-10-16(11-9-15)17(19-6-3)14-21-13-12-20-18(21)5-2/h8-13,17,19H,4-7,14H2,1-3H3. The van der Waals surface area contributed by atoms with Crippen LogP contribution >= 0.6 is 0 Å². The molecule has 0 saturated carbocycles. The summed E-state index contributed by atoms with van der Waals surface area (Å²) in [6.45, 7) is 8.44. The Morgan fingerprint density at radius 2 is 1.90 bits per heavy atom. The lowest BCUT2D eigenvalue weighted by molar-refractivity contribution is 0.466. The first-order valence-electron chi connectivity index (χ1n) is 8.10. The minimum absolute atomic E-state index is 0.338. The highest BCUT2D eigenvalue weighted by atomic mass is 15.1. The molecule has 1 aromatic carbocycles. The largest absolute Gasteiger partial charge is 0.333 e. The molecular weight excluding hydrogens is 258 g/mol. The molecule has 0 aliphatic carbocycles. The van der Waals surface area contributed by atoms with Gasteiger partial charge in [-0.15, -0.1) is 0 Å².